The van der Waals surface area contributed by atoms with Crippen LogP contribution in [0, 0.1) is 0 Å². The first-order valence-corrected chi connectivity index (χ1v) is 17.2. The molecular weight excluding hydrogens is 603 g/mol. The Morgan fingerprint density at radius 1 is 0.390 bits per heavy atom. The van der Waals surface area contributed by atoms with Gasteiger partial charge in [-0.1, -0.05) is 141 Å². The van der Waals surface area contributed by atoms with E-state index in [1.165, 1.54) is 128 Å². The number of carbonyl (C=O) groups excluding carboxylic acids is 2. The second-order valence-corrected chi connectivity index (χ2v) is 11.4. The number of carbonyl (C=O) groups is 2. The van der Waals surface area contributed by atoms with Gasteiger partial charge in [0.25, 0.3) is 0 Å². The first-order valence-electron chi connectivity index (χ1n) is 17.2. The van der Waals surface area contributed by atoms with E-state index >= 15 is 0 Å². The van der Waals surface area contributed by atoms with Gasteiger partial charge in [-0.15, -0.1) is 0 Å². The van der Waals surface area contributed by atoms with Gasteiger partial charge in [0.1, 0.15) is 0 Å². The standard InChI is InChI=1S/2C18H34O2.Pd/c2*1-2-3-4-5-6-7-8-9-10-11-12-13-14-15-16-17-18(19)20;/h2*9-10H,2-8,11-17H2,1H3,(H,19,20);/q;;+2/p-2. The maximum Gasteiger partial charge on any atom is 2.00 e. The van der Waals surface area contributed by atoms with Crippen LogP contribution in [0.4, 0.5) is 0 Å². The molecule has 0 spiro atoms. The van der Waals surface area contributed by atoms with E-state index in [2.05, 4.69) is 38.2 Å². The van der Waals surface area contributed by atoms with Crippen molar-refractivity contribution in [2.24, 2.45) is 0 Å². The Labute approximate surface area is 269 Å². The molecule has 0 radical (unpaired) electrons. The smallest absolute Gasteiger partial charge is 0.550 e. The van der Waals surface area contributed by atoms with E-state index in [4.69, 9.17) is 0 Å². The number of carboxylic acids is 2. The molecule has 0 aliphatic heterocycles. The van der Waals surface area contributed by atoms with Crippen LogP contribution in [0.5, 0.6) is 0 Å². The van der Waals surface area contributed by atoms with Crippen molar-refractivity contribution in [2.45, 2.75) is 194 Å². The maximum absolute atomic E-state index is 10.2. The van der Waals surface area contributed by atoms with Gasteiger partial charge in [-0.2, -0.15) is 0 Å². The Morgan fingerprint density at radius 2 is 0.610 bits per heavy atom. The van der Waals surface area contributed by atoms with Crippen LogP contribution >= 0.6 is 0 Å². The van der Waals surface area contributed by atoms with Crippen molar-refractivity contribution >= 4 is 11.9 Å². The molecule has 0 aromatic carbocycles. The quantitative estimate of drug-likeness (QED) is 0.0434. The average molecular weight is 669 g/mol. The monoisotopic (exact) mass is 668 g/mol. The van der Waals surface area contributed by atoms with Crippen LogP contribution in [0.2, 0.25) is 0 Å². The van der Waals surface area contributed by atoms with Crippen LogP contribution in [-0.2, 0) is 30.0 Å². The summed E-state index contributed by atoms with van der Waals surface area (Å²) in [6, 6.07) is 0. The Hall–Kier alpha value is -0.918. The second kappa shape index (κ2) is 41.2. The number of aliphatic carboxylic acids is 2. The molecule has 0 rings (SSSR count). The van der Waals surface area contributed by atoms with E-state index in [1.807, 2.05) is 0 Å². The second-order valence-electron chi connectivity index (χ2n) is 11.4. The van der Waals surface area contributed by atoms with Crippen molar-refractivity contribution in [1.29, 1.82) is 0 Å². The van der Waals surface area contributed by atoms with E-state index < -0.39 is 11.9 Å². The zero-order valence-electron chi connectivity index (χ0n) is 27.1. The predicted molar refractivity (Wildman–Crippen MR) is 169 cm³/mol. The maximum atomic E-state index is 10.2. The Balaban J connectivity index is -0.000000688. The fourth-order valence-electron chi connectivity index (χ4n) is 4.68. The minimum atomic E-state index is -0.914. The van der Waals surface area contributed by atoms with Gasteiger partial charge in [-0.05, 0) is 77.0 Å². The number of hydrogen-bond donors (Lipinski definition) is 0. The van der Waals surface area contributed by atoms with Gasteiger partial charge in [0, 0.05) is 11.9 Å². The summed E-state index contributed by atoms with van der Waals surface area (Å²) >= 11 is 0. The summed E-state index contributed by atoms with van der Waals surface area (Å²) in [4.78, 5) is 20.4. The van der Waals surface area contributed by atoms with E-state index in [1.54, 1.807) is 0 Å². The van der Waals surface area contributed by atoms with E-state index in [-0.39, 0.29) is 33.3 Å². The number of unbranched alkanes of at least 4 members (excludes halogenated alkanes) is 22. The Morgan fingerprint density at radius 3 is 0.854 bits per heavy atom. The molecule has 0 aromatic rings. The molecule has 41 heavy (non-hydrogen) atoms. The fourth-order valence-corrected chi connectivity index (χ4v) is 4.68. The topological polar surface area (TPSA) is 80.3 Å². The van der Waals surface area contributed by atoms with Crippen molar-refractivity contribution in [3.63, 3.8) is 0 Å². The minimum absolute atomic E-state index is 0. The van der Waals surface area contributed by atoms with Crippen molar-refractivity contribution < 1.29 is 40.2 Å². The zero-order chi connectivity index (χ0) is 29.8. The van der Waals surface area contributed by atoms with Crippen LogP contribution in [0.1, 0.15) is 194 Å². The first-order chi connectivity index (χ1) is 19.5. The fraction of sp³-hybridized carbons (Fsp3) is 0.833. The van der Waals surface area contributed by atoms with Gasteiger partial charge in [0.05, 0.1) is 0 Å². The molecule has 5 heteroatoms. The molecule has 0 aromatic heterocycles. The molecule has 244 valence electrons. The Bertz CT molecular complexity index is 524. The van der Waals surface area contributed by atoms with Crippen molar-refractivity contribution in [3.8, 4) is 0 Å². The molecule has 0 N–H and O–H groups in total. The molecule has 0 unspecified atom stereocenters. The third-order valence-electron chi connectivity index (χ3n) is 7.29. The average Bonchev–Trinajstić information content (AvgIpc) is 2.93. The molecular formula is C36H66O4Pd. The molecule has 0 bridgehead atoms. The third-order valence-corrected chi connectivity index (χ3v) is 7.29. The third kappa shape index (κ3) is 49.1. The summed E-state index contributed by atoms with van der Waals surface area (Å²) < 4.78 is 0. The van der Waals surface area contributed by atoms with Crippen molar-refractivity contribution in [2.75, 3.05) is 0 Å². The number of allylic oxidation sites excluding steroid dienone is 4. The molecule has 0 heterocycles. The van der Waals surface area contributed by atoms with Gasteiger partial charge >= 0.3 is 20.4 Å². The summed E-state index contributed by atoms with van der Waals surface area (Å²) in [5.41, 5.74) is 0. The Kier molecular flexibility index (Phi) is 44.8. The number of rotatable bonds is 30. The molecule has 0 saturated heterocycles. The molecule has 0 amide bonds. The molecule has 0 atom stereocenters. The van der Waals surface area contributed by atoms with E-state index in [0.29, 0.717) is 0 Å². The van der Waals surface area contributed by atoms with E-state index in [0.717, 1.165) is 38.5 Å². The van der Waals surface area contributed by atoms with Crippen LogP contribution in [0.3, 0.4) is 0 Å². The summed E-state index contributed by atoms with van der Waals surface area (Å²) in [7, 11) is 0. The van der Waals surface area contributed by atoms with Gasteiger partial charge in [-0.25, -0.2) is 0 Å². The largest absolute Gasteiger partial charge is 2.00 e. The SMILES string of the molecule is CCCCCCCCC=CCCCCCCCC(=O)[O-].CCCCCCCCC=CCCCCCCCC(=O)[O-].[Pd+2]. The molecule has 0 aliphatic carbocycles. The number of carboxylic acid groups (broad SMARTS) is 2. The molecule has 0 aliphatic rings. The summed E-state index contributed by atoms with van der Waals surface area (Å²) in [6.07, 6.45) is 41.8. The molecule has 0 fully saturated rings. The van der Waals surface area contributed by atoms with Gasteiger partial charge in [-0.3, -0.25) is 0 Å². The zero-order valence-corrected chi connectivity index (χ0v) is 28.6. The van der Waals surface area contributed by atoms with Gasteiger partial charge < -0.3 is 19.8 Å². The van der Waals surface area contributed by atoms with Crippen molar-refractivity contribution in [1.82, 2.24) is 0 Å². The van der Waals surface area contributed by atoms with Crippen LogP contribution in [0.15, 0.2) is 24.3 Å². The predicted octanol–water partition coefficient (Wildman–Crippen LogP) is 9.55. The normalized spacial score (nSPS) is 11.0. The van der Waals surface area contributed by atoms with Gasteiger partial charge in [0.2, 0.25) is 0 Å². The van der Waals surface area contributed by atoms with Crippen LogP contribution in [-0.4, -0.2) is 11.9 Å². The van der Waals surface area contributed by atoms with Crippen molar-refractivity contribution in [3.05, 3.63) is 24.3 Å². The number of hydrogen-bond acceptors (Lipinski definition) is 4. The summed E-state index contributed by atoms with van der Waals surface area (Å²) in [5, 5.41) is 20.4. The summed E-state index contributed by atoms with van der Waals surface area (Å²) in [5.74, 6) is -1.83. The van der Waals surface area contributed by atoms with E-state index in [9.17, 15) is 19.8 Å². The summed E-state index contributed by atoms with van der Waals surface area (Å²) in [6.45, 7) is 4.51. The first kappa shape index (κ1) is 44.5. The van der Waals surface area contributed by atoms with Gasteiger partial charge in [0.15, 0.2) is 0 Å². The molecule has 4 nitrogen and oxygen atoms in total. The van der Waals surface area contributed by atoms with Crippen LogP contribution in [0.25, 0.3) is 0 Å². The van der Waals surface area contributed by atoms with Crippen LogP contribution < -0.4 is 10.2 Å². The molecule has 0 saturated carbocycles. The minimum Gasteiger partial charge on any atom is -0.550 e.